The normalized spacial score (nSPS) is 12.5. The van der Waals surface area contributed by atoms with Crippen molar-refractivity contribution in [3.63, 3.8) is 0 Å². The number of nitrogens with one attached hydrogen (secondary N) is 1. The van der Waals surface area contributed by atoms with Crippen molar-refractivity contribution in [2.45, 2.75) is 18.0 Å². The number of hydrogen-bond acceptors (Lipinski definition) is 4. The molecule has 0 fully saturated rings. The number of sulfonamides is 1. The molecular weight excluding hydrogens is 357 g/mol. The molecule has 3 aromatic rings. The largest absolute Gasteiger partial charge is 0.416 e. The fourth-order valence-corrected chi connectivity index (χ4v) is 3.50. The number of pyridine rings is 1. The average Bonchev–Trinajstić information content (AvgIpc) is 2.80. The summed E-state index contributed by atoms with van der Waals surface area (Å²) in [4.78, 5) is 3.65. The molecule has 3 rings (SSSR count). The molecule has 2 aromatic heterocycles. The Morgan fingerprint density at radius 3 is 2.60 bits per heavy atom. The van der Waals surface area contributed by atoms with Crippen LogP contribution in [0.4, 0.5) is 18.9 Å². The van der Waals surface area contributed by atoms with Crippen molar-refractivity contribution in [3.8, 4) is 0 Å². The van der Waals surface area contributed by atoms with Gasteiger partial charge in [0.25, 0.3) is 10.0 Å². The molecule has 0 saturated heterocycles. The topological polar surface area (TPSA) is 76.9 Å². The zero-order chi connectivity index (χ0) is 18.4. The molecule has 0 aliphatic carbocycles. The predicted molar refractivity (Wildman–Crippen MR) is 85.5 cm³/mol. The molecule has 0 bridgehead atoms. The van der Waals surface area contributed by atoms with Gasteiger partial charge in [0.05, 0.1) is 28.0 Å². The number of hydrogen-bond donors (Lipinski definition) is 1. The van der Waals surface area contributed by atoms with Crippen LogP contribution < -0.4 is 4.72 Å². The summed E-state index contributed by atoms with van der Waals surface area (Å²) in [6, 6.07) is 5.08. The van der Waals surface area contributed by atoms with E-state index in [0.29, 0.717) is 22.8 Å². The highest BCUT2D eigenvalue weighted by Gasteiger charge is 2.31. The Balaban J connectivity index is 1.98. The number of aryl methyl sites for hydroxylation is 2. The number of aromatic nitrogens is 3. The Bertz CT molecular complexity index is 1060. The molecule has 132 valence electrons. The lowest BCUT2D eigenvalue weighted by atomic mass is 10.2. The van der Waals surface area contributed by atoms with Gasteiger partial charge in [-0.1, -0.05) is 6.07 Å². The standard InChI is InChI=1S/C15H13F3N4O2S/c1-9-13-7-11(8-19-14(13)22(2)20-9)21-25(23,24)12-5-3-4-10(6-12)15(16,17)18/h3-8,21H,1-2H3. The third kappa shape index (κ3) is 3.29. The van der Waals surface area contributed by atoms with Gasteiger partial charge >= 0.3 is 6.18 Å². The van der Waals surface area contributed by atoms with Gasteiger partial charge in [-0.2, -0.15) is 18.3 Å². The summed E-state index contributed by atoms with van der Waals surface area (Å²) >= 11 is 0. The summed E-state index contributed by atoms with van der Waals surface area (Å²) < 4.78 is 66.9. The van der Waals surface area contributed by atoms with Gasteiger partial charge in [0, 0.05) is 12.4 Å². The van der Waals surface area contributed by atoms with Crippen molar-refractivity contribution in [2.24, 2.45) is 7.05 Å². The Labute approximate surface area is 141 Å². The minimum atomic E-state index is -4.63. The van der Waals surface area contributed by atoms with Crippen molar-refractivity contribution in [1.82, 2.24) is 14.8 Å². The highest BCUT2D eigenvalue weighted by molar-refractivity contribution is 7.92. The molecule has 0 aliphatic heterocycles. The second kappa shape index (κ2) is 5.73. The molecule has 25 heavy (non-hydrogen) atoms. The first-order valence-corrected chi connectivity index (χ1v) is 8.56. The van der Waals surface area contributed by atoms with E-state index in [0.717, 1.165) is 18.2 Å². The van der Waals surface area contributed by atoms with Crippen LogP contribution in [0.15, 0.2) is 41.4 Å². The van der Waals surface area contributed by atoms with E-state index in [-0.39, 0.29) is 5.69 Å². The molecule has 10 heteroatoms. The Hall–Kier alpha value is -2.62. The maximum absolute atomic E-state index is 12.8. The molecule has 0 spiro atoms. The second-order valence-electron chi connectivity index (χ2n) is 5.44. The zero-order valence-electron chi connectivity index (χ0n) is 13.2. The summed E-state index contributed by atoms with van der Waals surface area (Å²) in [6.45, 7) is 1.75. The molecule has 6 nitrogen and oxygen atoms in total. The number of nitrogens with zero attached hydrogens (tertiary/aromatic N) is 3. The van der Waals surface area contributed by atoms with Gasteiger partial charge in [-0.05, 0) is 31.2 Å². The monoisotopic (exact) mass is 370 g/mol. The fourth-order valence-electron chi connectivity index (χ4n) is 2.42. The van der Waals surface area contributed by atoms with Crippen LogP contribution in [0.25, 0.3) is 11.0 Å². The lowest BCUT2D eigenvalue weighted by molar-refractivity contribution is -0.137. The van der Waals surface area contributed by atoms with E-state index in [9.17, 15) is 21.6 Å². The molecule has 0 saturated carbocycles. The van der Waals surface area contributed by atoms with E-state index in [1.54, 1.807) is 18.7 Å². The number of benzene rings is 1. The van der Waals surface area contributed by atoms with Gasteiger partial charge in [-0.15, -0.1) is 0 Å². The minimum Gasteiger partial charge on any atom is -0.278 e. The first-order valence-electron chi connectivity index (χ1n) is 7.07. The van der Waals surface area contributed by atoms with Crippen molar-refractivity contribution < 1.29 is 21.6 Å². The van der Waals surface area contributed by atoms with Crippen LogP contribution in [0.5, 0.6) is 0 Å². The van der Waals surface area contributed by atoms with Crippen LogP contribution in [-0.2, 0) is 23.2 Å². The molecule has 0 aliphatic rings. The Morgan fingerprint density at radius 1 is 1.20 bits per heavy atom. The molecule has 0 unspecified atom stereocenters. The first kappa shape index (κ1) is 17.2. The Morgan fingerprint density at radius 2 is 1.92 bits per heavy atom. The minimum absolute atomic E-state index is 0.140. The van der Waals surface area contributed by atoms with Crippen molar-refractivity contribution >= 4 is 26.7 Å². The molecule has 1 N–H and O–H groups in total. The van der Waals surface area contributed by atoms with Crippen LogP contribution >= 0.6 is 0 Å². The lowest BCUT2D eigenvalue weighted by Gasteiger charge is -2.11. The van der Waals surface area contributed by atoms with Crippen LogP contribution in [0.2, 0.25) is 0 Å². The van der Waals surface area contributed by atoms with Crippen LogP contribution in [0.3, 0.4) is 0 Å². The third-order valence-electron chi connectivity index (χ3n) is 3.59. The SMILES string of the molecule is Cc1nn(C)c2ncc(NS(=O)(=O)c3cccc(C(F)(F)F)c3)cc12. The van der Waals surface area contributed by atoms with E-state index in [4.69, 9.17) is 0 Å². The van der Waals surface area contributed by atoms with Gasteiger partial charge in [-0.3, -0.25) is 9.40 Å². The summed E-state index contributed by atoms with van der Waals surface area (Å²) in [6.07, 6.45) is -3.34. The third-order valence-corrected chi connectivity index (χ3v) is 4.97. The van der Waals surface area contributed by atoms with Crippen molar-refractivity contribution in [3.05, 3.63) is 47.8 Å². The summed E-state index contributed by atoms with van der Waals surface area (Å²) in [7, 11) is -2.48. The van der Waals surface area contributed by atoms with E-state index in [1.807, 2.05) is 0 Å². The number of alkyl halides is 3. The maximum atomic E-state index is 12.8. The average molecular weight is 370 g/mol. The molecule has 2 heterocycles. The predicted octanol–water partition coefficient (Wildman–Crippen LogP) is 3.10. The second-order valence-corrected chi connectivity index (χ2v) is 7.12. The van der Waals surface area contributed by atoms with E-state index in [2.05, 4.69) is 14.8 Å². The van der Waals surface area contributed by atoms with Crippen LogP contribution in [-0.4, -0.2) is 23.2 Å². The van der Waals surface area contributed by atoms with E-state index >= 15 is 0 Å². The highest BCUT2D eigenvalue weighted by atomic mass is 32.2. The maximum Gasteiger partial charge on any atom is 0.416 e. The summed E-state index contributed by atoms with van der Waals surface area (Å²) in [5.41, 5.74) is 0.331. The number of fused-ring (bicyclic) bond motifs is 1. The fraction of sp³-hybridized carbons (Fsp3) is 0.200. The van der Waals surface area contributed by atoms with Gasteiger partial charge in [-0.25, -0.2) is 13.4 Å². The Kier molecular flexibility index (Phi) is 3.94. The van der Waals surface area contributed by atoms with Gasteiger partial charge < -0.3 is 0 Å². The lowest BCUT2D eigenvalue weighted by Crippen LogP contribution is -2.14. The summed E-state index contributed by atoms with van der Waals surface area (Å²) in [5.74, 6) is 0. The van der Waals surface area contributed by atoms with Crippen LogP contribution in [0.1, 0.15) is 11.3 Å². The van der Waals surface area contributed by atoms with Gasteiger partial charge in [0.1, 0.15) is 0 Å². The van der Waals surface area contributed by atoms with Gasteiger partial charge in [0.2, 0.25) is 0 Å². The quantitative estimate of drug-likeness (QED) is 0.769. The molecule has 0 atom stereocenters. The number of anilines is 1. The molecule has 0 amide bonds. The first-order chi connectivity index (χ1) is 11.6. The van der Waals surface area contributed by atoms with Gasteiger partial charge in [0.15, 0.2) is 5.65 Å². The van der Waals surface area contributed by atoms with E-state index < -0.39 is 26.7 Å². The molecule has 1 aromatic carbocycles. The summed E-state index contributed by atoms with van der Waals surface area (Å²) in [5, 5.41) is 4.82. The molecular formula is C15H13F3N4O2S. The number of halogens is 3. The van der Waals surface area contributed by atoms with Crippen molar-refractivity contribution in [1.29, 1.82) is 0 Å². The molecule has 0 radical (unpaired) electrons. The smallest absolute Gasteiger partial charge is 0.278 e. The number of rotatable bonds is 3. The van der Waals surface area contributed by atoms with E-state index in [1.165, 1.54) is 12.3 Å². The van der Waals surface area contributed by atoms with Crippen molar-refractivity contribution in [2.75, 3.05) is 4.72 Å². The highest BCUT2D eigenvalue weighted by Crippen LogP contribution is 2.31. The zero-order valence-corrected chi connectivity index (χ0v) is 14.0. The van der Waals surface area contributed by atoms with Crippen LogP contribution in [0, 0.1) is 6.92 Å².